The van der Waals surface area contributed by atoms with E-state index in [-0.39, 0.29) is 5.41 Å². The molecule has 0 fully saturated rings. The Balaban J connectivity index is 4.43. The zero-order valence-electron chi connectivity index (χ0n) is 9.46. The molecule has 0 radical (unpaired) electrons. The van der Waals surface area contributed by atoms with Gasteiger partial charge in [0.2, 0.25) is 0 Å². The van der Waals surface area contributed by atoms with Crippen molar-refractivity contribution in [1.29, 1.82) is 0 Å². The molecule has 0 amide bonds. The Bertz CT molecular complexity index is 219. The summed E-state index contributed by atoms with van der Waals surface area (Å²) < 4.78 is 0. The highest BCUT2D eigenvalue weighted by Crippen LogP contribution is 2.42. The van der Waals surface area contributed by atoms with Crippen LogP contribution in [0, 0.1) is 10.8 Å². The smallest absolute Gasteiger partial charge is 0.309 e. The van der Waals surface area contributed by atoms with Crippen LogP contribution in [-0.4, -0.2) is 16.4 Å². The Hall–Kier alpha value is -0.440. The number of aliphatic carboxylic acids is 1. The van der Waals surface area contributed by atoms with Gasteiger partial charge in [-0.15, -0.1) is 0 Å². The molecule has 0 heterocycles. The summed E-state index contributed by atoms with van der Waals surface area (Å²) in [5.74, 6) is -0.732. The quantitative estimate of drug-likeness (QED) is 0.547. The maximum Gasteiger partial charge on any atom is 0.309 e. The molecule has 3 heteroatoms. The fourth-order valence-electron chi connectivity index (χ4n) is 1.23. The van der Waals surface area contributed by atoms with Crippen LogP contribution < -0.4 is 0 Å². The molecule has 0 unspecified atom stereocenters. The van der Waals surface area contributed by atoms with Crippen molar-refractivity contribution in [2.75, 3.05) is 0 Å². The molecular formula is C11H20O2S. The lowest BCUT2D eigenvalue weighted by Crippen LogP contribution is -2.39. The van der Waals surface area contributed by atoms with Crippen LogP contribution in [0.25, 0.3) is 0 Å². The molecule has 0 saturated carbocycles. The first-order valence-electron chi connectivity index (χ1n) is 4.93. The molecular weight excluding hydrogens is 196 g/mol. The summed E-state index contributed by atoms with van der Waals surface area (Å²) in [5.41, 5.74) is -0.883. The normalized spacial score (nSPS) is 12.6. The number of rotatable bonds is 6. The van der Waals surface area contributed by atoms with Crippen LogP contribution in [-0.2, 0) is 4.79 Å². The van der Waals surface area contributed by atoms with Gasteiger partial charge in [0.05, 0.1) is 5.41 Å². The van der Waals surface area contributed by atoms with Crippen molar-refractivity contribution in [2.45, 2.75) is 47.0 Å². The molecule has 82 valence electrons. The Morgan fingerprint density at radius 2 is 1.86 bits per heavy atom. The first-order chi connectivity index (χ1) is 6.25. The molecule has 14 heavy (non-hydrogen) atoms. The molecule has 1 N–H and O–H groups in total. The summed E-state index contributed by atoms with van der Waals surface area (Å²) in [5, 5.41) is 10.8. The Kier molecular flexibility index (Phi) is 4.72. The third kappa shape index (κ3) is 3.05. The maximum absolute atomic E-state index is 11.1. The van der Waals surface area contributed by atoms with Gasteiger partial charge in [-0.05, 0) is 43.9 Å². The molecule has 0 rings (SSSR count). The topological polar surface area (TPSA) is 37.3 Å². The van der Waals surface area contributed by atoms with Crippen molar-refractivity contribution in [3.8, 4) is 0 Å². The van der Waals surface area contributed by atoms with Gasteiger partial charge in [0.1, 0.15) is 0 Å². The highest BCUT2D eigenvalue weighted by molar-refractivity contribution is 7.78. The largest absolute Gasteiger partial charge is 0.481 e. The predicted molar refractivity (Wildman–Crippen MR) is 62.7 cm³/mol. The zero-order chi connectivity index (χ0) is 11.4. The SMILES string of the molecule is CC(C)(CCCC=S)C(C)(C)C(=O)O. The lowest BCUT2D eigenvalue weighted by molar-refractivity contribution is -0.154. The van der Waals surface area contributed by atoms with E-state index in [1.165, 1.54) is 0 Å². The molecule has 0 aliphatic carbocycles. The van der Waals surface area contributed by atoms with Crippen LogP contribution in [0.3, 0.4) is 0 Å². The average Bonchev–Trinajstić information content (AvgIpc) is 2.04. The van der Waals surface area contributed by atoms with Gasteiger partial charge >= 0.3 is 5.97 Å². The van der Waals surface area contributed by atoms with Crippen LogP contribution in [0.4, 0.5) is 0 Å². The zero-order valence-corrected chi connectivity index (χ0v) is 10.3. The molecule has 0 bridgehead atoms. The summed E-state index contributed by atoms with van der Waals surface area (Å²) in [6, 6.07) is 0. The Morgan fingerprint density at radius 1 is 1.36 bits per heavy atom. The van der Waals surface area contributed by atoms with Gasteiger partial charge in [0.15, 0.2) is 0 Å². The summed E-state index contributed by atoms with van der Waals surface area (Å²) in [4.78, 5) is 11.1. The van der Waals surface area contributed by atoms with Gasteiger partial charge in [0, 0.05) is 0 Å². The second-order valence-electron chi connectivity index (χ2n) is 4.87. The average molecular weight is 216 g/mol. The third-order valence-electron chi connectivity index (χ3n) is 3.35. The van der Waals surface area contributed by atoms with E-state index >= 15 is 0 Å². The van der Waals surface area contributed by atoms with E-state index in [1.807, 2.05) is 13.8 Å². The summed E-state index contributed by atoms with van der Waals surface area (Å²) >= 11 is 4.74. The van der Waals surface area contributed by atoms with Crippen molar-refractivity contribution in [1.82, 2.24) is 0 Å². The number of thiocarbonyl (C=S) groups is 1. The minimum absolute atomic E-state index is 0.197. The molecule has 0 aromatic rings. The monoisotopic (exact) mass is 216 g/mol. The molecule has 0 saturated heterocycles. The molecule has 2 nitrogen and oxygen atoms in total. The first kappa shape index (κ1) is 13.6. The van der Waals surface area contributed by atoms with Crippen LogP contribution in [0.1, 0.15) is 47.0 Å². The lowest BCUT2D eigenvalue weighted by Gasteiger charge is -2.38. The molecule has 0 spiro atoms. The minimum Gasteiger partial charge on any atom is -0.481 e. The molecule has 0 aliphatic rings. The van der Waals surface area contributed by atoms with Gasteiger partial charge in [-0.25, -0.2) is 0 Å². The fraction of sp³-hybridized carbons (Fsp3) is 0.818. The molecule has 0 aromatic heterocycles. The Morgan fingerprint density at radius 3 is 2.21 bits per heavy atom. The number of carboxylic acids is 1. The van der Waals surface area contributed by atoms with Crippen molar-refractivity contribution >= 4 is 23.6 Å². The van der Waals surface area contributed by atoms with E-state index in [0.717, 1.165) is 19.3 Å². The van der Waals surface area contributed by atoms with Crippen molar-refractivity contribution in [2.24, 2.45) is 10.8 Å². The van der Waals surface area contributed by atoms with Gasteiger partial charge in [0.25, 0.3) is 0 Å². The number of unbranched alkanes of at least 4 members (excludes halogenated alkanes) is 1. The number of hydrogen-bond acceptors (Lipinski definition) is 2. The second-order valence-corrected chi connectivity index (χ2v) is 5.21. The van der Waals surface area contributed by atoms with E-state index in [2.05, 4.69) is 0 Å². The van der Waals surface area contributed by atoms with E-state index < -0.39 is 11.4 Å². The van der Waals surface area contributed by atoms with Gasteiger partial charge in [-0.2, -0.15) is 0 Å². The summed E-state index contributed by atoms with van der Waals surface area (Å²) in [6.45, 7) is 7.58. The van der Waals surface area contributed by atoms with Crippen molar-refractivity contribution in [3.63, 3.8) is 0 Å². The minimum atomic E-state index is -0.732. The number of carboxylic acid groups (broad SMARTS) is 1. The fourth-order valence-corrected chi connectivity index (χ4v) is 1.40. The predicted octanol–water partition coefficient (Wildman–Crippen LogP) is 3.29. The van der Waals surface area contributed by atoms with Crippen LogP contribution in [0.5, 0.6) is 0 Å². The van der Waals surface area contributed by atoms with E-state index in [4.69, 9.17) is 17.3 Å². The van der Waals surface area contributed by atoms with E-state index in [9.17, 15) is 4.79 Å². The number of carbonyl (C=O) groups is 1. The van der Waals surface area contributed by atoms with Crippen LogP contribution >= 0.6 is 12.2 Å². The maximum atomic E-state index is 11.1. The van der Waals surface area contributed by atoms with Gasteiger partial charge < -0.3 is 5.11 Å². The highest BCUT2D eigenvalue weighted by atomic mass is 32.1. The summed E-state index contributed by atoms with van der Waals surface area (Å²) in [6.07, 6.45) is 2.74. The van der Waals surface area contributed by atoms with Crippen LogP contribution in [0.15, 0.2) is 0 Å². The second kappa shape index (κ2) is 4.87. The van der Waals surface area contributed by atoms with E-state index in [0.29, 0.717) is 0 Å². The van der Waals surface area contributed by atoms with E-state index in [1.54, 1.807) is 19.2 Å². The van der Waals surface area contributed by atoms with Gasteiger partial charge in [-0.1, -0.05) is 26.1 Å². The summed E-state index contributed by atoms with van der Waals surface area (Å²) in [7, 11) is 0. The number of hydrogen-bond donors (Lipinski definition) is 1. The Labute approximate surface area is 91.7 Å². The standard InChI is InChI=1S/C11H20O2S/c1-10(2,7-5-6-8-14)11(3,4)9(12)13/h8H,5-7H2,1-4H3,(H,12,13). The highest BCUT2D eigenvalue weighted by Gasteiger charge is 2.42. The molecule has 0 atom stereocenters. The molecule has 0 aromatic carbocycles. The van der Waals surface area contributed by atoms with Crippen LogP contribution in [0.2, 0.25) is 0 Å². The van der Waals surface area contributed by atoms with Gasteiger partial charge in [-0.3, -0.25) is 4.79 Å². The van der Waals surface area contributed by atoms with Crippen molar-refractivity contribution < 1.29 is 9.90 Å². The molecule has 0 aliphatic heterocycles. The first-order valence-corrected chi connectivity index (χ1v) is 5.40. The third-order valence-corrected chi connectivity index (χ3v) is 3.59. The van der Waals surface area contributed by atoms with Crippen molar-refractivity contribution in [3.05, 3.63) is 0 Å². The lowest BCUT2D eigenvalue weighted by atomic mass is 9.65.